The molecule has 0 radical (unpaired) electrons. The van der Waals surface area contributed by atoms with E-state index in [2.05, 4.69) is 163 Å². The van der Waals surface area contributed by atoms with Crippen molar-refractivity contribution in [3.05, 3.63) is 151 Å². The van der Waals surface area contributed by atoms with Crippen LogP contribution in [0, 0.1) is 0 Å². The molecule has 0 spiro atoms. The molecule has 1 aliphatic carbocycles. The summed E-state index contributed by atoms with van der Waals surface area (Å²) in [7, 11) is 0. The molecule has 3 heterocycles. The first-order chi connectivity index (χ1) is 23.8. The number of para-hydroxylation sites is 1. The summed E-state index contributed by atoms with van der Waals surface area (Å²) in [5.74, 6) is 5.82. The van der Waals surface area contributed by atoms with E-state index >= 15 is 0 Å². The zero-order valence-corrected chi connectivity index (χ0v) is 30.2. The maximum absolute atomic E-state index is 5.34. The van der Waals surface area contributed by atoms with E-state index in [4.69, 9.17) is 9.97 Å². The van der Waals surface area contributed by atoms with Crippen LogP contribution in [0.2, 0.25) is 11.5 Å². The molecule has 0 unspecified atom stereocenters. The Hall–Kier alpha value is -5.26. The first kappa shape index (κ1) is 28.7. The Morgan fingerprint density at radius 1 is 0.571 bits per heavy atom. The summed E-state index contributed by atoms with van der Waals surface area (Å²) in [6, 6.07) is 50.9. The number of nitrogens with zero attached hydrogens (tertiary/aromatic N) is 3. The van der Waals surface area contributed by atoms with Crippen molar-refractivity contribution < 1.29 is 0 Å². The second-order valence-corrected chi connectivity index (χ2v) is 23.6. The van der Waals surface area contributed by atoms with Gasteiger partial charge in [-0.2, -0.15) is 0 Å². The zero-order chi connectivity index (χ0) is 33.1. The molecule has 0 amide bonds. The van der Waals surface area contributed by atoms with Crippen LogP contribution >= 0.6 is 0 Å². The van der Waals surface area contributed by atoms with E-state index in [1.807, 2.05) is 6.07 Å². The summed E-state index contributed by atoms with van der Waals surface area (Å²) >= 11 is -2.90. The van der Waals surface area contributed by atoms with Crippen molar-refractivity contribution >= 4 is 43.9 Å². The average molecular weight is 690 g/mol. The molecule has 0 saturated carbocycles. The molecule has 6 aromatic carbocycles. The SMILES string of the molecule is CC1(C)c2ccccc2-c2ccc3c(c21)c1ccccc1n3-c1ccc2[c](c1)[Ge]([CH3])([CH3])[c]1c(-c3ccccc3)nc(-c3ccccc3)nc1-2. The molecule has 10 rings (SSSR count). The van der Waals surface area contributed by atoms with Crippen molar-refractivity contribution in [1.29, 1.82) is 0 Å². The van der Waals surface area contributed by atoms with E-state index in [1.165, 1.54) is 64.1 Å². The van der Waals surface area contributed by atoms with Crippen molar-refractivity contribution in [3.8, 4) is 50.7 Å². The second-order valence-electron chi connectivity index (χ2n) is 14.6. The Balaban J connectivity index is 1.22. The molecule has 2 aliphatic rings. The van der Waals surface area contributed by atoms with Gasteiger partial charge in [-0.15, -0.1) is 0 Å². The first-order valence-corrected chi connectivity index (χ1v) is 23.5. The fourth-order valence-electron chi connectivity index (χ4n) is 8.91. The van der Waals surface area contributed by atoms with Gasteiger partial charge in [-0.05, 0) is 0 Å². The van der Waals surface area contributed by atoms with Crippen LogP contribution in [0.1, 0.15) is 25.0 Å². The fraction of sp³-hybridized carbons (Fsp3) is 0.111. The minimum atomic E-state index is -2.90. The topological polar surface area (TPSA) is 30.7 Å². The molecule has 234 valence electrons. The van der Waals surface area contributed by atoms with Gasteiger partial charge in [0.2, 0.25) is 0 Å². The molecule has 0 bridgehead atoms. The summed E-state index contributed by atoms with van der Waals surface area (Å²) in [5.41, 5.74) is 14.8. The van der Waals surface area contributed by atoms with Gasteiger partial charge >= 0.3 is 291 Å². The molecular formula is C45H35GeN3. The molecular weight excluding hydrogens is 655 g/mol. The van der Waals surface area contributed by atoms with Crippen LogP contribution < -0.4 is 8.79 Å². The van der Waals surface area contributed by atoms with Gasteiger partial charge in [0.05, 0.1) is 0 Å². The Kier molecular flexibility index (Phi) is 5.94. The van der Waals surface area contributed by atoms with E-state index in [0.29, 0.717) is 0 Å². The molecule has 2 aromatic heterocycles. The Bertz CT molecular complexity index is 2650. The molecule has 1 aliphatic heterocycles. The predicted octanol–water partition coefficient (Wildman–Crippen LogP) is 10.0. The number of hydrogen-bond acceptors (Lipinski definition) is 2. The van der Waals surface area contributed by atoms with Crippen molar-refractivity contribution in [2.45, 2.75) is 30.8 Å². The Morgan fingerprint density at radius 3 is 2.02 bits per heavy atom. The van der Waals surface area contributed by atoms with Crippen molar-refractivity contribution in [2.24, 2.45) is 0 Å². The first-order valence-electron chi connectivity index (χ1n) is 17.2. The zero-order valence-electron chi connectivity index (χ0n) is 28.1. The van der Waals surface area contributed by atoms with Gasteiger partial charge in [0.1, 0.15) is 0 Å². The van der Waals surface area contributed by atoms with E-state index < -0.39 is 13.3 Å². The van der Waals surface area contributed by atoms with E-state index in [9.17, 15) is 0 Å². The summed E-state index contributed by atoms with van der Waals surface area (Å²) in [6.07, 6.45) is 0. The number of aromatic nitrogens is 3. The van der Waals surface area contributed by atoms with Gasteiger partial charge in [0.15, 0.2) is 0 Å². The maximum atomic E-state index is 5.34. The quantitative estimate of drug-likeness (QED) is 0.173. The number of benzene rings is 6. The van der Waals surface area contributed by atoms with Crippen LogP contribution in [0.25, 0.3) is 72.5 Å². The van der Waals surface area contributed by atoms with Crippen LogP contribution in [0.4, 0.5) is 0 Å². The van der Waals surface area contributed by atoms with Gasteiger partial charge < -0.3 is 0 Å². The molecule has 0 fully saturated rings. The summed E-state index contributed by atoms with van der Waals surface area (Å²) in [4.78, 5) is 10.7. The molecule has 0 atom stereocenters. The molecule has 3 nitrogen and oxygen atoms in total. The van der Waals surface area contributed by atoms with E-state index in [-0.39, 0.29) is 5.41 Å². The second kappa shape index (κ2) is 10.1. The van der Waals surface area contributed by atoms with Gasteiger partial charge in [0, 0.05) is 0 Å². The third kappa shape index (κ3) is 3.91. The van der Waals surface area contributed by atoms with E-state index in [1.54, 1.807) is 0 Å². The Morgan fingerprint density at radius 2 is 1.22 bits per heavy atom. The summed E-state index contributed by atoms with van der Waals surface area (Å²) in [6.45, 7) is 4.78. The molecule has 0 N–H and O–H groups in total. The van der Waals surface area contributed by atoms with Crippen molar-refractivity contribution in [1.82, 2.24) is 14.5 Å². The van der Waals surface area contributed by atoms with Crippen molar-refractivity contribution in [3.63, 3.8) is 0 Å². The normalized spacial score (nSPS) is 14.9. The van der Waals surface area contributed by atoms with Crippen LogP contribution in [0.5, 0.6) is 0 Å². The third-order valence-electron chi connectivity index (χ3n) is 11.2. The molecule has 4 heteroatoms. The average Bonchev–Trinajstić information content (AvgIpc) is 3.68. The van der Waals surface area contributed by atoms with Gasteiger partial charge in [-0.3, -0.25) is 0 Å². The van der Waals surface area contributed by atoms with Crippen LogP contribution in [-0.4, -0.2) is 27.8 Å². The number of hydrogen-bond donors (Lipinski definition) is 0. The fourth-order valence-corrected chi connectivity index (χ4v) is 15.7. The van der Waals surface area contributed by atoms with Gasteiger partial charge in [0.25, 0.3) is 0 Å². The summed E-state index contributed by atoms with van der Waals surface area (Å²) < 4.78 is 5.34. The molecule has 0 saturated heterocycles. The van der Waals surface area contributed by atoms with Gasteiger partial charge in [-0.25, -0.2) is 0 Å². The van der Waals surface area contributed by atoms with Crippen LogP contribution in [0.15, 0.2) is 140 Å². The van der Waals surface area contributed by atoms with E-state index in [0.717, 1.165) is 28.3 Å². The molecule has 8 aromatic rings. The van der Waals surface area contributed by atoms with Gasteiger partial charge in [-0.1, -0.05) is 0 Å². The van der Waals surface area contributed by atoms with Crippen LogP contribution in [-0.2, 0) is 5.41 Å². The van der Waals surface area contributed by atoms with Crippen LogP contribution in [0.3, 0.4) is 0 Å². The third-order valence-corrected chi connectivity index (χ3v) is 18.5. The standard InChI is InChI=1S/C45H35GeN3/c1-45(2)35-21-13-11-19-31(35)32-25-26-38-39(40(32)45)34-20-12-14-22-37(34)49(38)30-23-24-33-36(27-30)46(3,4)41-42(28-15-7-5-8-16-28)47-44(48-43(33)41)29-17-9-6-10-18-29/h5-27H,1-4H3. The monoisotopic (exact) mass is 691 g/mol. The minimum absolute atomic E-state index is 0.0970. The predicted molar refractivity (Wildman–Crippen MR) is 207 cm³/mol. The summed E-state index contributed by atoms with van der Waals surface area (Å²) in [5, 5.41) is 2.67. The number of fused-ring (bicyclic) bond motifs is 10. The van der Waals surface area contributed by atoms with Crippen molar-refractivity contribution in [2.75, 3.05) is 0 Å². The Labute approximate surface area is 289 Å². The number of rotatable bonds is 3. The molecule has 49 heavy (non-hydrogen) atoms.